The molecule has 0 spiro atoms. The van der Waals surface area contributed by atoms with Crippen LogP contribution in [0.5, 0.6) is 0 Å². The second-order valence-corrected chi connectivity index (χ2v) is 7.66. The molecule has 0 radical (unpaired) electrons. The fraction of sp³-hybridized carbons (Fsp3) is 0.700. The Balaban J connectivity index is 2.07. The molecule has 9 heteroatoms. The number of alkyl halides is 9. The molecule has 0 heterocycles. The summed E-state index contributed by atoms with van der Waals surface area (Å²) in [5, 5.41) is 0. The highest BCUT2D eigenvalue weighted by Crippen LogP contribution is 2.57. The molecule has 0 saturated heterocycles. The standard InChI is InChI=1S/C20H23F9/c1-2-3-4-13-5-7-14(8-6-13)15-9-11-16(12-10-15)17(21,22)18(23,24)19(25,26)20(27,28)29/h5-8,15-16H,2-4,9-12H2,1H3/t15-,16-. The zero-order valence-electron chi connectivity index (χ0n) is 15.8. The van der Waals surface area contributed by atoms with Crippen molar-refractivity contribution in [2.75, 3.05) is 0 Å². The molecule has 0 aromatic heterocycles. The molecule has 1 aliphatic carbocycles. The van der Waals surface area contributed by atoms with Crippen LogP contribution in [-0.2, 0) is 6.42 Å². The molecule has 0 unspecified atom stereocenters. The van der Waals surface area contributed by atoms with Crippen LogP contribution in [0.15, 0.2) is 24.3 Å². The van der Waals surface area contributed by atoms with Crippen molar-refractivity contribution >= 4 is 0 Å². The number of unbranched alkanes of at least 4 members (excludes halogenated alkanes) is 1. The van der Waals surface area contributed by atoms with Crippen LogP contribution in [0.2, 0.25) is 0 Å². The highest BCUT2D eigenvalue weighted by atomic mass is 19.4. The molecule has 0 nitrogen and oxygen atoms in total. The fourth-order valence-corrected chi connectivity index (χ4v) is 3.77. The summed E-state index contributed by atoms with van der Waals surface area (Å²) in [6, 6.07) is 7.43. The zero-order valence-corrected chi connectivity index (χ0v) is 15.8. The van der Waals surface area contributed by atoms with Crippen LogP contribution in [0.1, 0.15) is 62.5 Å². The van der Waals surface area contributed by atoms with E-state index in [9.17, 15) is 39.5 Å². The Morgan fingerprint density at radius 3 is 1.72 bits per heavy atom. The van der Waals surface area contributed by atoms with Gasteiger partial charge < -0.3 is 0 Å². The maximum atomic E-state index is 14.1. The molecule has 2 rings (SSSR count). The Labute approximate surface area is 163 Å². The molecule has 1 saturated carbocycles. The lowest BCUT2D eigenvalue weighted by Gasteiger charge is -2.40. The van der Waals surface area contributed by atoms with Gasteiger partial charge >= 0.3 is 23.9 Å². The fourth-order valence-electron chi connectivity index (χ4n) is 3.77. The quantitative estimate of drug-likeness (QED) is 0.385. The minimum atomic E-state index is -6.81. The van der Waals surface area contributed by atoms with Gasteiger partial charge in [-0.1, -0.05) is 37.6 Å². The van der Waals surface area contributed by atoms with Crippen molar-refractivity contribution in [3.05, 3.63) is 35.4 Å². The first-order valence-electron chi connectivity index (χ1n) is 9.54. The highest BCUT2D eigenvalue weighted by Gasteiger charge is 2.82. The molecule has 166 valence electrons. The second kappa shape index (κ2) is 8.38. The third-order valence-electron chi connectivity index (χ3n) is 5.68. The molecule has 0 atom stereocenters. The molecule has 1 fully saturated rings. The molecule has 29 heavy (non-hydrogen) atoms. The van der Waals surface area contributed by atoms with Gasteiger partial charge in [0.15, 0.2) is 0 Å². The van der Waals surface area contributed by atoms with Crippen LogP contribution in [-0.4, -0.2) is 23.9 Å². The smallest absolute Gasteiger partial charge is 0.199 e. The normalized spacial score (nSPS) is 22.0. The third kappa shape index (κ3) is 4.53. The molecule has 1 aliphatic rings. The molecule has 1 aromatic rings. The summed E-state index contributed by atoms with van der Waals surface area (Å²) in [7, 11) is 0. The van der Waals surface area contributed by atoms with Gasteiger partial charge in [0.2, 0.25) is 0 Å². The molecule has 0 N–H and O–H groups in total. The van der Waals surface area contributed by atoms with Crippen LogP contribution >= 0.6 is 0 Å². The van der Waals surface area contributed by atoms with E-state index in [0.29, 0.717) is 0 Å². The number of rotatable bonds is 7. The van der Waals surface area contributed by atoms with E-state index >= 15 is 0 Å². The summed E-state index contributed by atoms with van der Waals surface area (Å²) in [4.78, 5) is 0. The molecule has 1 aromatic carbocycles. The van der Waals surface area contributed by atoms with Gasteiger partial charge in [-0.05, 0) is 55.6 Å². The Morgan fingerprint density at radius 2 is 1.28 bits per heavy atom. The van der Waals surface area contributed by atoms with Gasteiger partial charge in [-0.2, -0.15) is 39.5 Å². The molecule has 0 bridgehead atoms. The minimum Gasteiger partial charge on any atom is -0.199 e. The van der Waals surface area contributed by atoms with Crippen molar-refractivity contribution in [2.24, 2.45) is 5.92 Å². The van der Waals surface area contributed by atoms with Gasteiger partial charge in [0.25, 0.3) is 0 Å². The van der Waals surface area contributed by atoms with Crippen molar-refractivity contribution in [1.82, 2.24) is 0 Å². The van der Waals surface area contributed by atoms with Crippen molar-refractivity contribution in [3.63, 3.8) is 0 Å². The van der Waals surface area contributed by atoms with Crippen molar-refractivity contribution < 1.29 is 39.5 Å². The second-order valence-electron chi connectivity index (χ2n) is 7.66. The van der Waals surface area contributed by atoms with Crippen molar-refractivity contribution in [3.8, 4) is 0 Å². The summed E-state index contributed by atoms with van der Waals surface area (Å²) in [5.41, 5.74) is 1.92. The molecular formula is C20H23F9. The predicted octanol–water partition coefficient (Wildman–Crippen LogP) is 7.77. The monoisotopic (exact) mass is 434 g/mol. The van der Waals surface area contributed by atoms with E-state index in [4.69, 9.17) is 0 Å². The van der Waals surface area contributed by atoms with Gasteiger partial charge in [-0.15, -0.1) is 0 Å². The number of halogens is 9. The van der Waals surface area contributed by atoms with Crippen molar-refractivity contribution in [2.45, 2.75) is 81.7 Å². The number of aryl methyl sites for hydroxylation is 1. The van der Waals surface area contributed by atoms with Gasteiger partial charge in [0.1, 0.15) is 0 Å². The van der Waals surface area contributed by atoms with E-state index in [1.54, 1.807) is 0 Å². The lowest BCUT2D eigenvalue weighted by molar-refractivity contribution is -0.404. The largest absolute Gasteiger partial charge is 0.460 e. The highest BCUT2D eigenvalue weighted by molar-refractivity contribution is 5.26. The Kier molecular flexibility index (Phi) is 6.89. The third-order valence-corrected chi connectivity index (χ3v) is 5.68. The number of hydrogen-bond donors (Lipinski definition) is 0. The first-order valence-corrected chi connectivity index (χ1v) is 9.54. The summed E-state index contributed by atoms with van der Waals surface area (Å²) in [5.74, 6) is -21.3. The van der Waals surface area contributed by atoms with Crippen LogP contribution in [0.3, 0.4) is 0 Å². The van der Waals surface area contributed by atoms with E-state index in [-0.39, 0.29) is 18.8 Å². The summed E-state index contributed by atoms with van der Waals surface area (Å²) < 4.78 is 118. The van der Waals surface area contributed by atoms with E-state index in [1.165, 1.54) is 0 Å². The van der Waals surface area contributed by atoms with E-state index in [0.717, 1.165) is 30.4 Å². The van der Waals surface area contributed by atoms with Crippen molar-refractivity contribution in [1.29, 1.82) is 0 Å². The average Bonchev–Trinajstić information content (AvgIpc) is 2.65. The first kappa shape index (κ1) is 23.9. The Morgan fingerprint density at radius 1 is 0.759 bits per heavy atom. The van der Waals surface area contributed by atoms with E-state index < -0.39 is 42.7 Å². The maximum Gasteiger partial charge on any atom is 0.460 e. The zero-order chi connectivity index (χ0) is 22.1. The Hall–Kier alpha value is -1.41. The molecule has 0 amide bonds. The first-order chi connectivity index (χ1) is 13.3. The lowest BCUT2D eigenvalue weighted by atomic mass is 9.74. The van der Waals surface area contributed by atoms with Gasteiger partial charge in [-0.25, -0.2) is 0 Å². The SMILES string of the molecule is CCCCc1ccc([C@H]2CC[C@H](C(F)(F)C(F)(F)C(F)(F)C(F)(F)F)CC2)cc1. The lowest BCUT2D eigenvalue weighted by Crippen LogP contribution is -2.63. The van der Waals surface area contributed by atoms with Crippen LogP contribution in [0.4, 0.5) is 39.5 Å². The summed E-state index contributed by atoms with van der Waals surface area (Å²) in [6.45, 7) is 2.05. The maximum absolute atomic E-state index is 14.1. The number of hydrogen-bond acceptors (Lipinski definition) is 0. The average molecular weight is 434 g/mol. The predicted molar refractivity (Wildman–Crippen MR) is 90.6 cm³/mol. The summed E-state index contributed by atoms with van der Waals surface area (Å²) >= 11 is 0. The van der Waals surface area contributed by atoms with Crippen LogP contribution in [0, 0.1) is 5.92 Å². The topological polar surface area (TPSA) is 0 Å². The van der Waals surface area contributed by atoms with Gasteiger partial charge in [0.05, 0.1) is 0 Å². The van der Waals surface area contributed by atoms with Crippen LogP contribution < -0.4 is 0 Å². The van der Waals surface area contributed by atoms with Gasteiger partial charge in [-0.3, -0.25) is 0 Å². The van der Waals surface area contributed by atoms with Gasteiger partial charge in [0, 0.05) is 5.92 Å². The van der Waals surface area contributed by atoms with E-state index in [2.05, 4.69) is 6.92 Å². The van der Waals surface area contributed by atoms with Crippen LogP contribution in [0.25, 0.3) is 0 Å². The number of benzene rings is 1. The van der Waals surface area contributed by atoms with E-state index in [1.807, 2.05) is 24.3 Å². The molecular weight excluding hydrogens is 411 g/mol. The minimum absolute atomic E-state index is 0.0161. The summed E-state index contributed by atoms with van der Waals surface area (Å²) in [6.07, 6.45) is -4.93. The Bertz CT molecular complexity index is 654. The molecule has 0 aliphatic heterocycles.